The third kappa shape index (κ3) is 16.6. The zero-order valence-corrected chi connectivity index (χ0v) is 8.40. The Bertz CT molecular complexity index is 115. The van der Waals surface area contributed by atoms with Crippen molar-refractivity contribution >= 4 is 28.2 Å². The predicted octanol–water partition coefficient (Wildman–Crippen LogP) is 0.196. The van der Waals surface area contributed by atoms with Gasteiger partial charge in [0.25, 0.3) is 0 Å². The molecule has 0 radical (unpaired) electrons. The minimum absolute atomic E-state index is 0.00611. The quantitative estimate of drug-likeness (QED) is 0.457. The minimum atomic E-state index is -0.125. The Morgan fingerprint density at radius 3 is 2.08 bits per heavy atom. The second kappa shape index (κ2) is 13.6. The fourth-order valence-electron chi connectivity index (χ4n) is 0.198. The van der Waals surface area contributed by atoms with E-state index in [-0.39, 0.29) is 19.8 Å². The van der Waals surface area contributed by atoms with E-state index in [4.69, 9.17) is 15.3 Å². The third-order valence-electron chi connectivity index (χ3n) is 0.591. The molecule has 72 valence electrons. The second-order valence-electron chi connectivity index (χ2n) is 1.58. The third-order valence-corrected chi connectivity index (χ3v) is 1.93. The molecule has 3 nitrogen and oxygen atoms in total. The van der Waals surface area contributed by atoms with Crippen molar-refractivity contribution < 1.29 is 15.3 Å². The highest BCUT2D eigenvalue weighted by atomic mass is 32.2. The van der Waals surface area contributed by atoms with Crippen molar-refractivity contribution in [2.45, 2.75) is 0 Å². The minimum Gasteiger partial charge on any atom is -0.394 e. The van der Waals surface area contributed by atoms with Crippen LogP contribution in [0, 0.1) is 0 Å². The van der Waals surface area contributed by atoms with Crippen molar-refractivity contribution in [2.75, 3.05) is 25.6 Å². The molecule has 3 N–H and O–H groups in total. The topological polar surface area (TPSA) is 60.7 Å². The molecular formula is C7H14O3S2. The normalized spacial score (nSPS) is 8.25. The maximum Gasteiger partial charge on any atom is 0.0843 e. The van der Waals surface area contributed by atoms with Crippen LogP contribution in [0.2, 0.25) is 0 Å². The fourth-order valence-corrected chi connectivity index (χ4v) is 0.797. The van der Waals surface area contributed by atoms with Crippen molar-refractivity contribution in [3.05, 3.63) is 12.7 Å². The largest absolute Gasteiger partial charge is 0.394 e. The summed E-state index contributed by atoms with van der Waals surface area (Å²) in [6, 6.07) is 0. The molecule has 0 bridgehead atoms. The molecule has 0 aliphatic heterocycles. The zero-order chi connectivity index (χ0) is 9.82. The molecule has 0 spiro atoms. The molecule has 0 fully saturated rings. The van der Waals surface area contributed by atoms with Gasteiger partial charge < -0.3 is 15.3 Å². The summed E-state index contributed by atoms with van der Waals surface area (Å²) in [4.78, 5) is 0. The summed E-state index contributed by atoms with van der Waals surface area (Å²) >= 11 is 6.13. The summed E-state index contributed by atoms with van der Waals surface area (Å²) in [6.07, 6.45) is 1.76. The SMILES string of the molecule is C=CCSC(=S)CO.OCCO. The molecule has 5 heteroatoms. The van der Waals surface area contributed by atoms with E-state index in [1.165, 1.54) is 11.8 Å². The van der Waals surface area contributed by atoms with E-state index in [0.29, 0.717) is 4.20 Å². The maximum atomic E-state index is 8.37. The van der Waals surface area contributed by atoms with Crippen molar-refractivity contribution in [1.82, 2.24) is 0 Å². The highest BCUT2D eigenvalue weighted by Crippen LogP contribution is 2.02. The number of hydrogen-bond donors (Lipinski definition) is 3. The van der Waals surface area contributed by atoms with Gasteiger partial charge in [-0.2, -0.15) is 0 Å². The van der Waals surface area contributed by atoms with Gasteiger partial charge in [0.2, 0.25) is 0 Å². The van der Waals surface area contributed by atoms with Crippen molar-refractivity contribution in [3.63, 3.8) is 0 Å². The van der Waals surface area contributed by atoms with Crippen LogP contribution in [0.15, 0.2) is 12.7 Å². The van der Waals surface area contributed by atoms with Crippen LogP contribution in [-0.2, 0) is 0 Å². The lowest BCUT2D eigenvalue weighted by atomic mass is 10.8. The predicted molar refractivity (Wildman–Crippen MR) is 56.5 cm³/mol. The smallest absolute Gasteiger partial charge is 0.0843 e. The number of aliphatic hydroxyl groups is 3. The van der Waals surface area contributed by atoms with E-state index in [2.05, 4.69) is 18.8 Å². The first kappa shape index (κ1) is 14.6. The van der Waals surface area contributed by atoms with E-state index in [9.17, 15) is 0 Å². The summed E-state index contributed by atoms with van der Waals surface area (Å²) in [5.74, 6) is 0.791. The molecule has 0 saturated heterocycles. The van der Waals surface area contributed by atoms with Crippen LogP contribution in [0.25, 0.3) is 0 Å². The highest BCUT2D eigenvalue weighted by molar-refractivity contribution is 8.23. The van der Waals surface area contributed by atoms with Gasteiger partial charge in [-0.05, 0) is 0 Å². The molecule has 0 unspecified atom stereocenters. The number of thiocarbonyl (C=S) groups is 1. The molecule has 0 amide bonds. The van der Waals surface area contributed by atoms with E-state index >= 15 is 0 Å². The van der Waals surface area contributed by atoms with Crippen LogP contribution < -0.4 is 0 Å². The lowest BCUT2D eigenvalue weighted by Crippen LogP contribution is -1.93. The van der Waals surface area contributed by atoms with Crippen LogP contribution in [0.3, 0.4) is 0 Å². The van der Waals surface area contributed by atoms with Gasteiger partial charge in [-0.25, -0.2) is 0 Å². The van der Waals surface area contributed by atoms with Crippen LogP contribution in [-0.4, -0.2) is 45.1 Å². The summed E-state index contributed by atoms with van der Waals surface area (Å²) in [5.41, 5.74) is 0. The molecular weight excluding hydrogens is 196 g/mol. The molecule has 0 aliphatic carbocycles. The Morgan fingerprint density at radius 1 is 1.33 bits per heavy atom. The molecule has 0 heterocycles. The zero-order valence-electron chi connectivity index (χ0n) is 6.77. The Morgan fingerprint density at radius 2 is 1.83 bits per heavy atom. The first-order valence-corrected chi connectivity index (χ1v) is 4.71. The average Bonchev–Trinajstić information content (AvgIpc) is 2.14. The molecule has 0 aromatic heterocycles. The van der Waals surface area contributed by atoms with Gasteiger partial charge in [0, 0.05) is 5.75 Å². The number of rotatable bonds is 4. The number of hydrogen-bond acceptors (Lipinski definition) is 5. The molecule has 0 aliphatic rings. The van der Waals surface area contributed by atoms with Crippen molar-refractivity contribution in [3.8, 4) is 0 Å². The molecule has 0 aromatic rings. The first-order valence-electron chi connectivity index (χ1n) is 3.32. The number of aliphatic hydroxyl groups excluding tert-OH is 3. The molecule has 12 heavy (non-hydrogen) atoms. The fraction of sp³-hybridized carbons (Fsp3) is 0.571. The summed E-state index contributed by atoms with van der Waals surface area (Å²) in [5, 5.41) is 23.6. The van der Waals surface area contributed by atoms with Crippen molar-refractivity contribution in [2.24, 2.45) is 0 Å². The van der Waals surface area contributed by atoms with Crippen LogP contribution in [0.4, 0.5) is 0 Å². The molecule has 0 atom stereocenters. The van der Waals surface area contributed by atoms with E-state index < -0.39 is 0 Å². The summed E-state index contributed by atoms with van der Waals surface area (Å²) in [6.45, 7) is 3.25. The maximum absolute atomic E-state index is 8.37. The van der Waals surface area contributed by atoms with Gasteiger partial charge in [0.15, 0.2) is 0 Å². The van der Waals surface area contributed by atoms with Crippen molar-refractivity contribution in [1.29, 1.82) is 0 Å². The lowest BCUT2D eigenvalue weighted by Gasteiger charge is -1.91. The second-order valence-corrected chi connectivity index (χ2v) is 3.44. The van der Waals surface area contributed by atoms with Gasteiger partial charge in [-0.3, -0.25) is 0 Å². The van der Waals surface area contributed by atoms with E-state index in [1.807, 2.05) is 0 Å². The van der Waals surface area contributed by atoms with Gasteiger partial charge in [0.05, 0.1) is 24.0 Å². The molecule has 0 rings (SSSR count). The summed E-state index contributed by atoms with van der Waals surface area (Å²) in [7, 11) is 0. The Balaban J connectivity index is 0. The highest BCUT2D eigenvalue weighted by Gasteiger charge is 1.89. The Hall–Kier alpha value is 0.0600. The van der Waals surface area contributed by atoms with Crippen LogP contribution in [0.1, 0.15) is 0 Å². The summed E-state index contributed by atoms with van der Waals surface area (Å²) < 4.78 is 0.630. The Kier molecular flexibility index (Phi) is 16.6. The van der Waals surface area contributed by atoms with Gasteiger partial charge in [0.1, 0.15) is 0 Å². The lowest BCUT2D eigenvalue weighted by molar-refractivity contribution is 0.186. The van der Waals surface area contributed by atoms with Crippen LogP contribution in [0.5, 0.6) is 0 Å². The monoisotopic (exact) mass is 210 g/mol. The Labute approximate surface area is 82.1 Å². The van der Waals surface area contributed by atoms with Gasteiger partial charge in [-0.1, -0.05) is 18.3 Å². The van der Waals surface area contributed by atoms with Crippen LogP contribution >= 0.6 is 24.0 Å². The standard InChI is InChI=1S/C5H8OS2.C2H6O2/c1-2-3-8-5(7)4-6;3-1-2-4/h2,6H,1,3-4H2;3-4H,1-2H2. The molecule has 0 saturated carbocycles. The van der Waals surface area contributed by atoms with Gasteiger partial charge >= 0.3 is 0 Å². The molecule has 0 aromatic carbocycles. The number of thioether (sulfide) groups is 1. The van der Waals surface area contributed by atoms with E-state index in [1.54, 1.807) is 6.08 Å². The van der Waals surface area contributed by atoms with Gasteiger partial charge in [-0.15, -0.1) is 18.3 Å². The van der Waals surface area contributed by atoms with E-state index in [0.717, 1.165) is 5.75 Å². The first-order chi connectivity index (χ1) is 5.72. The average molecular weight is 210 g/mol.